The highest BCUT2D eigenvalue weighted by atomic mass is 16.4. The van der Waals surface area contributed by atoms with Crippen molar-refractivity contribution in [2.75, 3.05) is 19.6 Å². The molecule has 3 heterocycles. The molecule has 1 unspecified atom stereocenters. The fraction of sp³-hybridized carbons (Fsp3) is 0.789. The van der Waals surface area contributed by atoms with Crippen molar-refractivity contribution in [3.63, 3.8) is 0 Å². The van der Waals surface area contributed by atoms with Gasteiger partial charge in [0.05, 0.1) is 0 Å². The molecule has 1 atom stereocenters. The van der Waals surface area contributed by atoms with Gasteiger partial charge >= 0.3 is 0 Å². The van der Waals surface area contributed by atoms with E-state index in [-0.39, 0.29) is 35.1 Å². The third-order valence-corrected chi connectivity index (χ3v) is 5.74. The number of hydrogen-bond donors (Lipinski definition) is 0. The number of aryl methyl sites for hydroxylation is 1. The molecular weight excluding hydrogens is 332 g/mol. The number of likely N-dealkylation sites (tertiary alicyclic amines) is 2. The predicted octanol–water partition coefficient (Wildman–Crippen LogP) is 2.57. The molecule has 144 valence electrons. The number of amides is 2. The minimum Gasteiger partial charge on any atom is -0.423 e. The molecule has 2 aliphatic heterocycles. The van der Waals surface area contributed by atoms with Gasteiger partial charge in [-0.15, -0.1) is 10.2 Å². The second-order valence-electron chi connectivity index (χ2n) is 8.48. The van der Waals surface area contributed by atoms with E-state index < -0.39 is 0 Å². The number of hydrogen-bond acceptors (Lipinski definition) is 5. The Morgan fingerprint density at radius 2 is 1.69 bits per heavy atom. The zero-order valence-corrected chi connectivity index (χ0v) is 16.5. The largest absolute Gasteiger partial charge is 0.423 e. The van der Waals surface area contributed by atoms with Gasteiger partial charge in [0.25, 0.3) is 0 Å². The minimum absolute atomic E-state index is 0.0285. The zero-order chi connectivity index (χ0) is 19.1. The van der Waals surface area contributed by atoms with E-state index in [1.165, 1.54) is 0 Å². The van der Waals surface area contributed by atoms with Gasteiger partial charge in [-0.2, -0.15) is 0 Å². The monoisotopic (exact) mass is 362 g/mol. The molecule has 2 aliphatic rings. The first kappa shape index (κ1) is 18.9. The van der Waals surface area contributed by atoms with E-state index in [4.69, 9.17) is 4.42 Å². The molecule has 0 saturated carbocycles. The molecule has 1 aromatic heterocycles. The second kappa shape index (κ2) is 7.00. The normalized spacial score (nSPS) is 22.7. The molecule has 0 N–H and O–H groups in total. The van der Waals surface area contributed by atoms with Gasteiger partial charge in [-0.1, -0.05) is 27.7 Å². The standard InChI is InChI=1S/C19H30N4O3/c1-12(2)17(24)22-8-6-19(7-9-22)10-15(16-21-20-14(5)26-16)23(11-19)18(25)13(3)4/h12-13,15H,6-11H2,1-5H3. The molecule has 0 radical (unpaired) electrons. The Bertz CT molecular complexity index is 674. The fourth-order valence-corrected chi connectivity index (χ4v) is 4.22. The van der Waals surface area contributed by atoms with Crippen LogP contribution in [0.15, 0.2) is 4.42 Å². The summed E-state index contributed by atoms with van der Waals surface area (Å²) in [5.41, 5.74) is 0.0331. The minimum atomic E-state index is -0.154. The summed E-state index contributed by atoms with van der Waals surface area (Å²) >= 11 is 0. The van der Waals surface area contributed by atoms with E-state index in [0.29, 0.717) is 18.3 Å². The Hall–Kier alpha value is -1.92. The molecule has 2 amide bonds. The molecule has 2 saturated heterocycles. The van der Waals surface area contributed by atoms with Crippen molar-refractivity contribution < 1.29 is 14.0 Å². The molecule has 0 aliphatic carbocycles. The fourth-order valence-electron chi connectivity index (χ4n) is 4.22. The quantitative estimate of drug-likeness (QED) is 0.826. The highest BCUT2D eigenvalue weighted by molar-refractivity contribution is 5.79. The average molecular weight is 362 g/mol. The Kier molecular flexibility index (Phi) is 5.08. The maximum atomic E-state index is 12.8. The van der Waals surface area contributed by atoms with Crippen LogP contribution in [-0.2, 0) is 9.59 Å². The van der Waals surface area contributed by atoms with Crippen LogP contribution in [0.2, 0.25) is 0 Å². The van der Waals surface area contributed by atoms with Crippen LogP contribution in [0.5, 0.6) is 0 Å². The van der Waals surface area contributed by atoms with Gasteiger partial charge in [-0.25, -0.2) is 0 Å². The predicted molar refractivity (Wildman–Crippen MR) is 96.0 cm³/mol. The summed E-state index contributed by atoms with van der Waals surface area (Å²) in [6, 6.07) is -0.154. The molecule has 7 heteroatoms. The van der Waals surface area contributed by atoms with Crippen molar-refractivity contribution in [1.29, 1.82) is 0 Å². The molecule has 7 nitrogen and oxygen atoms in total. The van der Waals surface area contributed by atoms with Gasteiger partial charge in [0.15, 0.2) is 0 Å². The first-order chi connectivity index (χ1) is 12.2. The van der Waals surface area contributed by atoms with Gasteiger partial charge in [-0.05, 0) is 24.7 Å². The summed E-state index contributed by atoms with van der Waals surface area (Å²) in [5, 5.41) is 8.14. The van der Waals surface area contributed by atoms with E-state index in [2.05, 4.69) is 10.2 Å². The molecule has 3 rings (SSSR count). The summed E-state index contributed by atoms with van der Waals surface area (Å²) in [4.78, 5) is 29.0. The molecule has 1 aromatic rings. The lowest BCUT2D eigenvalue weighted by molar-refractivity contribution is -0.138. The molecule has 2 fully saturated rings. The molecule has 26 heavy (non-hydrogen) atoms. The van der Waals surface area contributed by atoms with E-state index in [1.54, 1.807) is 6.92 Å². The van der Waals surface area contributed by atoms with Crippen molar-refractivity contribution >= 4 is 11.8 Å². The van der Waals surface area contributed by atoms with Gasteiger partial charge < -0.3 is 14.2 Å². The lowest BCUT2D eigenvalue weighted by Crippen LogP contribution is -2.46. The zero-order valence-electron chi connectivity index (χ0n) is 16.5. The maximum absolute atomic E-state index is 12.8. The smallest absolute Gasteiger partial charge is 0.238 e. The summed E-state index contributed by atoms with van der Waals surface area (Å²) in [5.74, 6) is 1.37. The van der Waals surface area contributed by atoms with Crippen LogP contribution in [-0.4, -0.2) is 51.4 Å². The highest BCUT2D eigenvalue weighted by Gasteiger charge is 2.50. The lowest BCUT2D eigenvalue weighted by atomic mass is 9.76. The Labute approximate surface area is 155 Å². The number of piperidine rings is 1. The van der Waals surface area contributed by atoms with Crippen LogP contribution in [0.25, 0.3) is 0 Å². The number of carbonyl (C=O) groups is 2. The van der Waals surface area contributed by atoms with Gasteiger partial charge in [0.1, 0.15) is 6.04 Å². The van der Waals surface area contributed by atoms with Crippen LogP contribution >= 0.6 is 0 Å². The van der Waals surface area contributed by atoms with E-state index in [0.717, 1.165) is 32.4 Å². The molecule has 0 bridgehead atoms. The second-order valence-corrected chi connectivity index (χ2v) is 8.48. The maximum Gasteiger partial charge on any atom is 0.238 e. The SMILES string of the molecule is Cc1nnc(C2CC3(CCN(C(=O)C(C)C)CC3)CN2C(=O)C(C)C)o1. The third-order valence-electron chi connectivity index (χ3n) is 5.74. The molecule has 1 spiro atoms. The summed E-state index contributed by atoms with van der Waals surface area (Å²) in [7, 11) is 0. The number of nitrogens with zero attached hydrogens (tertiary/aromatic N) is 4. The summed E-state index contributed by atoms with van der Waals surface area (Å²) < 4.78 is 5.67. The number of carbonyl (C=O) groups excluding carboxylic acids is 2. The Morgan fingerprint density at radius 1 is 1.08 bits per heavy atom. The van der Waals surface area contributed by atoms with Crippen molar-refractivity contribution in [2.24, 2.45) is 17.3 Å². The average Bonchev–Trinajstić information content (AvgIpc) is 3.18. The van der Waals surface area contributed by atoms with E-state index in [9.17, 15) is 9.59 Å². The van der Waals surface area contributed by atoms with Gasteiger partial charge in [0.2, 0.25) is 23.6 Å². The first-order valence-electron chi connectivity index (χ1n) is 9.62. The number of aromatic nitrogens is 2. The van der Waals surface area contributed by atoms with Crippen molar-refractivity contribution in [1.82, 2.24) is 20.0 Å². The van der Waals surface area contributed by atoms with Crippen LogP contribution < -0.4 is 0 Å². The first-order valence-corrected chi connectivity index (χ1v) is 9.62. The Balaban J connectivity index is 1.78. The summed E-state index contributed by atoms with van der Waals surface area (Å²) in [6.45, 7) is 11.7. The highest BCUT2D eigenvalue weighted by Crippen LogP contribution is 2.49. The van der Waals surface area contributed by atoms with Crippen molar-refractivity contribution in [3.8, 4) is 0 Å². The van der Waals surface area contributed by atoms with Crippen LogP contribution in [0.1, 0.15) is 64.8 Å². The number of rotatable bonds is 3. The Morgan fingerprint density at radius 3 is 2.19 bits per heavy atom. The van der Waals surface area contributed by atoms with Gasteiger partial charge in [-0.3, -0.25) is 9.59 Å². The van der Waals surface area contributed by atoms with Crippen LogP contribution in [0.4, 0.5) is 0 Å². The van der Waals surface area contributed by atoms with Crippen molar-refractivity contribution in [3.05, 3.63) is 11.8 Å². The van der Waals surface area contributed by atoms with Crippen LogP contribution in [0.3, 0.4) is 0 Å². The lowest BCUT2D eigenvalue weighted by Gasteiger charge is -2.39. The van der Waals surface area contributed by atoms with E-state index in [1.807, 2.05) is 37.5 Å². The third kappa shape index (κ3) is 3.48. The molecule has 0 aromatic carbocycles. The van der Waals surface area contributed by atoms with Crippen molar-refractivity contribution in [2.45, 2.75) is 59.9 Å². The topological polar surface area (TPSA) is 79.5 Å². The van der Waals surface area contributed by atoms with E-state index >= 15 is 0 Å². The van der Waals surface area contributed by atoms with Gasteiger partial charge in [0, 0.05) is 38.4 Å². The summed E-state index contributed by atoms with van der Waals surface area (Å²) in [6.07, 6.45) is 2.66. The van der Waals surface area contributed by atoms with Crippen LogP contribution in [0, 0.1) is 24.2 Å². The molecular formula is C19H30N4O3.